The quantitative estimate of drug-likeness (QED) is 0.691. The maximum atomic E-state index is 11.9. The Hall–Kier alpha value is -2.38. The van der Waals surface area contributed by atoms with Crippen molar-refractivity contribution in [1.82, 2.24) is 4.90 Å². The van der Waals surface area contributed by atoms with Crippen molar-refractivity contribution >= 4 is 35.1 Å². The molecule has 0 saturated carbocycles. The van der Waals surface area contributed by atoms with Gasteiger partial charge in [0.15, 0.2) is 0 Å². The molecule has 7 nitrogen and oxygen atoms in total. The summed E-state index contributed by atoms with van der Waals surface area (Å²) in [5.74, 6) is -2.30. The van der Waals surface area contributed by atoms with E-state index in [1.807, 2.05) is 0 Å². The third-order valence-corrected chi connectivity index (χ3v) is 3.15. The molecule has 1 aliphatic heterocycles. The molecule has 1 heterocycles. The maximum Gasteiger partial charge on any atom is 0.335 e. The standard InChI is InChI=1S/C13H11ClN2O5/c14-8-2-1-7(13(20)21)5-9(8)15-10-6-11(18)16(3-4-17)12(10)19/h1-2,5-6,15,17H,3-4H2,(H,20,21). The minimum Gasteiger partial charge on any atom is -0.478 e. The zero-order valence-electron chi connectivity index (χ0n) is 10.7. The molecular weight excluding hydrogens is 300 g/mol. The van der Waals surface area contributed by atoms with E-state index in [0.717, 1.165) is 11.0 Å². The fourth-order valence-corrected chi connectivity index (χ4v) is 1.97. The van der Waals surface area contributed by atoms with Gasteiger partial charge in [0.2, 0.25) is 0 Å². The highest BCUT2D eigenvalue weighted by Crippen LogP contribution is 2.26. The number of nitrogens with zero attached hydrogens (tertiary/aromatic N) is 1. The van der Waals surface area contributed by atoms with Gasteiger partial charge in [0.1, 0.15) is 5.70 Å². The number of benzene rings is 1. The SMILES string of the molecule is O=C(O)c1ccc(Cl)c(NC2=CC(=O)N(CCO)C2=O)c1. The number of nitrogens with one attached hydrogen (secondary N) is 1. The average molecular weight is 311 g/mol. The molecule has 1 aromatic rings. The van der Waals surface area contributed by atoms with Crippen LogP contribution in [0.5, 0.6) is 0 Å². The molecule has 2 rings (SSSR count). The van der Waals surface area contributed by atoms with Crippen LogP contribution in [-0.4, -0.2) is 46.0 Å². The number of aliphatic hydroxyl groups excluding tert-OH is 1. The van der Waals surface area contributed by atoms with Crippen molar-refractivity contribution in [2.75, 3.05) is 18.5 Å². The molecule has 21 heavy (non-hydrogen) atoms. The Bertz CT molecular complexity index is 656. The van der Waals surface area contributed by atoms with Gasteiger partial charge in [-0.2, -0.15) is 0 Å². The highest BCUT2D eigenvalue weighted by Gasteiger charge is 2.30. The Morgan fingerprint density at radius 2 is 2.05 bits per heavy atom. The minimum absolute atomic E-state index is 0.00788. The lowest BCUT2D eigenvalue weighted by atomic mass is 10.2. The van der Waals surface area contributed by atoms with Crippen molar-refractivity contribution < 1.29 is 24.6 Å². The molecule has 0 atom stereocenters. The zero-order valence-corrected chi connectivity index (χ0v) is 11.4. The third-order valence-electron chi connectivity index (χ3n) is 2.82. The van der Waals surface area contributed by atoms with Crippen LogP contribution in [0, 0.1) is 0 Å². The van der Waals surface area contributed by atoms with Crippen LogP contribution in [0.15, 0.2) is 30.0 Å². The van der Waals surface area contributed by atoms with E-state index >= 15 is 0 Å². The Morgan fingerprint density at radius 3 is 2.67 bits per heavy atom. The molecule has 0 radical (unpaired) electrons. The number of carboxylic acid groups (broad SMARTS) is 1. The van der Waals surface area contributed by atoms with Crippen molar-refractivity contribution in [2.24, 2.45) is 0 Å². The van der Waals surface area contributed by atoms with Crippen molar-refractivity contribution in [3.63, 3.8) is 0 Å². The smallest absolute Gasteiger partial charge is 0.335 e. The summed E-state index contributed by atoms with van der Waals surface area (Å²) in [6.45, 7) is -0.448. The minimum atomic E-state index is -1.14. The molecule has 0 bridgehead atoms. The molecule has 0 saturated heterocycles. The topological polar surface area (TPSA) is 107 Å². The van der Waals surface area contributed by atoms with E-state index in [4.69, 9.17) is 21.8 Å². The molecule has 0 fully saturated rings. The fourth-order valence-electron chi connectivity index (χ4n) is 1.81. The van der Waals surface area contributed by atoms with Gasteiger partial charge in [-0.25, -0.2) is 4.79 Å². The van der Waals surface area contributed by atoms with E-state index in [0.29, 0.717) is 0 Å². The number of carbonyl (C=O) groups excluding carboxylic acids is 2. The van der Waals surface area contributed by atoms with E-state index < -0.39 is 17.8 Å². The number of amides is 2. The van der Waals surface area contributed by atoms with Crippen LogP contribution >= 0.6 is 11.6 Å². The molecule has 8 heteroatoms. The first-order valence-electron chi connectivity index (χ1n) is 5.92. The summed E-state index contributed by atoms with van der Waals surface area (Å²) in [5.41, 5.74) is 0.166. The average Bonchev–Trinajstić information content (AvgIpc) is 2.69. The number of imide groups is 1. The lowest BCUT2D eigenvalue weighted by Gasteiger charge is -2.14. The van der Waals surface area contributed by atoms with Gasteiger partial charge in [0, 0.05) is 6.08 Å². The second-order valence-electron chi connectivity index (χ2n) is 4.20. The first kappa shape index (κ1) is 15.0. The number of aromatic carboxylic acids is 1. The summed E-state index contributed by atoms with van der Waals surface area (Å²) in [6.07, 6.45) is 1.07. The fraction of sp³-hybridized carbons (Fsp3) is 0.154. The lowest BCUT2D eigenvalue weighted by Crippen LogP contribution is -2.34. The highest BCUT2D eigenvalue weighted by atomic mass is 35.5. The van der Waals surface area contributed by atoms with Crippen LogP contribution in [-0.2, 0) is 9.59 Å². The van der Waals surface area contributed by atoms with Gasteiger partial charge in [0.25, 0.3) is 11.8 Å². The molecule has 0 aromatic heterocycles. The van der Waals surface area contributed by atoms with Gasteiger partial charge < -0.3 is 15.5 Å². The molecule has 3 N–H and O–H groups in total. The second-order valence-corrected chi connectivity index (χ2v) is 4.61. The molecule has 2 amide bonds. The number of carbonyl (C=O) groups is 3. The van der Waals surface area contributed by atoms with Gasteiger partial charge >= 0.3 is 5.97 Å². The largest absolute Gasteiger partial charge is 0.478 e. The summed E-state index contributed by atoms with van der Waals surface area (Å²) in [6, 6.07) is 3.96. The summed E-state index contributed by atoms with van der Waals surface area (Å²) in [4.78, 5) is 35.3. The summed E-state index contributed by atoms with van der Waals surface area (Å²) in [7, 11) is 0. The molecule has 0 unspecified atom stereocenters. The number of aliphatic hydroxyl groups is 1. The number of halogens is 1. The van der Waals surface area contributed by atoms with Crippen LogP contribution in [0.4, 0.5) is 5.69 Å². The summed E-state index contributed by atoms with van der Waals surface area (Å²) >= 11 is 5.93. The van der Waals surface area contributed by atoms with E-state index in [2.05, 4.69) is 5.32 Å². The van der Waals surface area contributed by atoms with Crippen molar-refractivity contribution in [2.45, 2.75) is 0 Å². The van der Waals surface area contributed by atoms with E-state index in [1.54, 1.807) is 0 Å². The van der Waals surface area contributed by atoms with Crippen molar-refractivity contribution in [1.29, 1.82) is 0 Å². The number of carboxylic acids is 1. The van der Waals surface area contributed by atoms with Gasteiger partial charge in [-0.3, -0.25) is 14.5 Å². The van der Waals surface area contributed by atoms with Gasteiger partial charge in [-0.05, 0) is 18.2 Å². The molecule has 0 spiro atoms. The van der Waals surface area contributed by atoms with Crippen molar-refractivity contribution in [3.8, 4) is 0 Å². The van der Waals surface area contributed by atoms with Gasteiger partial charge in [0.05, 0.1) is 29.4 Å². The van der Waals surface area contributed by atoms with E-state index in [-0.39, 0.29) is 35.1 Å². The highest BCUT2D eigenvalue weighted by molar-refractivity contribution is 6.33. The monoisotopic (exact) mass is 310 g/mol. The Kier molecular flexibility index (Phi) is 4.25. The van der Waals surface area contributed by atoms with Crippen molar-refractivity contribution in [3.05, 3.63) is 40.6 Å². The molecular formula is C13H11ClN2O5. The van der Waals surface area contributed by atoms with Crippen LogP contribution in [0.3, 0.4) is 0 Å². The first-order chi connectivity index (χ1) is 9.93. The molecule has 0 aliphatic carbocycles. The molecule has 1 aliphatic rings. The van der Waals surface area contributed by atoms with E-state index in [9.17, 15) is 14.4 Å². The summed E-state index contributed by atoms with van der Waals surface area (Å²) in [5, 5.41) is 20.6. The van der Waals surface area contributed by atoms with Crippen LogP contribution in [0.25, 0.3) is 0 Å². The first-order valence-corrected chi connectivity index (χ1v) is 6.30. The maximum absolute atomic E-state index is 11.9. The van der Waals surface area contributed by atoms with Crippen LogP contribution in [0.2, 0.25) is 5.02 Å². The van der Waals surface area contributed by atoms with Crippen LogP contribution < -0.4 is 5.32 Å². The van der Waals surface area contributed by atoms with E-state index in [1.165, 1.54) is 18.2 Å². The lowest BCUT2D eigenvalue weighted by molar-refractivity contribution is -0.137. The third kappa shape index (κ3) is 3.04. The van der Waals surface area contributed by atoms with Gasteiger partial charge in [-0.15, -0.1) is 0 Å². The predicted octanol–water partition coefficient (Wildman–Crippen LogP) is 0.695. The normalized spacial score (nSPS) is 14.4. The number of hydrogen-bond donors (Lipinski definition) is 3. The van der Waals surface area contributed by atoms with Gasteiger partial charge in [-0.1, -0.05) is 11.6 Å². The Morgan fingerprint density at radius 1 is 1.33 bits per heavy atom. The number of hydrogen-bond acceptors (Lipinski definition) is 5. The summed E-state index contributed by atoms with van der Waals surface area (Å²) < 4.78 is 0. The predicted molar refractivity (Wildman–Crippen MR) is 73.9 cm³/mol. The Balaban J connectivity index is 2.25. The van der Waals surface area contributed by atoms with Crippen LogP contribution in [0.1, 0.15) is 10.4 Å². The number of anilines is 1. The zero-order chi connectivity index (χ0) is 15.6. The second kappa shape index (κ2) is 5.94. The Labute approximate surface area is 124 Å². The number of β-amino-alcohol motifs (C(OH)–C–C–N with tert-alkyl or cyclic N) is 1. The molecule has 110 valence electrons. The number of rotatable bonds is 5. The molecule has 1 aromatic carbocycles.